The molecule has 0 aliphatic rings. The van der Waals surface area contributed by atoms with Crippen LogP contribution in [0.2, 0.25) is 0 Å². The first-order valence-electron chi connectivity index (χ1n) is 23.1. The Morgan fingerprint density at radius 3 is 1.19 bits per heavy atom. The predicted molar refractivity (Wildman–Crippen MR) is 284 cm³/mol. The van der Waals surface area contributed by atoms with E-state index in [1.54, 1.807) is 0 Å². The minimum absolute atomic E-state index is 0.688. The Labute approximate surface area is 396 Å². The van der Waals surface area contributed by atoms with E-state index >= 15 is 0 Å². The monoisotopic (exact) mass is 868 g/mol. The molecule has 0 unspecified atom stereocenters. The fourth-order valence-corrected chi connectivity index (χ4v) is 9.47. The molecular weight excluding hydrogens is 825 g/mol. The fraction of sp³-hybridized carbons (Fsp3) is 0. The summed E-state index contributed by atoms with van der Waals surface area (Å²) in [4.78, 5) is 12.6. The zero-order valence-corrected chi connectivity index (χ0v) is 37.2. The number of anilines is 3. The van der Waals surface area contributed by atoms with Gasteiger partial charge in [-0.2, -0.15) is 0 Å². The minimum atomic E-state index is 0.688. The number of nitrogens with zero attached hydrogens (tertiary/aromatic N) is 4. The van der Waals surface area contributed by atoms with Crippen LogP contribution in [0.4, 0.5) is 17.1 Å². The maximum atomic E-state index is 5.11. The molecule has 2 aromatic heterocycles. The molecule has 0 aliphatic carbocycles. The van der Waals surface area contributed by atoms with Gasteiger partial charge in [0.2, 0.25) is 0 Å². The van der Waals surface area contributed by atoms with Gasteiger partial charge >= 0.3 is 0 Å². The summed E-state index contributed by atoms with van der Waals surface area (Å²) in [6, 6.07) is 94.7. The van der Waals surface area contributed by atoms with E-state index in [0.717, 1.165) is 73.0 Å². The molecule has 12 aromatic rings. The first-order valence-corrected chi connectivity index (χ1v) is 23.1. The predicted octanol–water partition coefficient (Wildman–Crippen LogP) is 17.0. The van der Waals surface area contributed by atoms with Crippen molar-refractivity contribution in [2.45, 2.75) is 0 Å². The van der Waals surface area contributed by atoms with E-state index in [4.69, 9.17) is 9.97 Å². The Bertz CT molecular complexity index is 3520. The molecule has 4 nitrogen and oxygen atoms in total. The summed E-state index contributed by atoms with van der Waals surface area (Å²) in [5.74, 6) is 0.688. The van der Waals surface area contributed by atoms with E-state index in [0.29, 0.717) is 5.82 Å². The van der Waals surface area contributed by atoms with E-state index in [1.165, 1.54) is 33.0 Å². The van der Waals surface area contributed by atoms with Gasteiger partial charge in [-0.1, -0.05) is 194 Å². The highest BCUT2D eigenvalue weighted by Crippen LogP contribution is 2.41. The van der Waals surface area contributed by atoms with Gasteiger partial charge in [-0.05, 0) is 101 Å². The summed E-state index contributed by atoms with van der Waals surface area (Å²) in [5, 5.41) is 2.41. The van der Waals surface area contributed by atoms with Gasteiger partial charge in [-0.3, -0.25) is 0 Å². The summed E-state index contributed by atoms with van der Waals surface area (Å²) in [6.45, 7) is 0. The number of aromatic nitrogens is 3. The third-order valence-corrected chi connectivity index (χ3v) is 12.8. The van der Waals surface area contributed by atoms with Crippen LogP contribution >= 0.6 is 0 Å². The summed E-state index contributed by atoms with van der Waals surface area (Å²) in [5.41, 5.74) is 18.5. The lowest BCUT2D eigenvalue weighted by atomic mass is 10.0. The van der Waals surface area contributed by atoms with Crippen LogP contribution in [-0.4, -0.2) is 14.5 Å². The minimum Gasteiger partial charge on any atom is -0.311 e. The van der Waals surface area contributed by atoms with Crippen molar-refractivity contribution in [1.82, 2.24) is 14.5 Å². The van der Waals surface area contributed by atoms with Crippen molar-refractivity contribution in [3.63, 3.8) is 0 Å². The molecule has 0 radical (unpaired) electrons. The molecule has 4 heteroatoms. The standard InChI is InChI=1S/C64H44N4/c1-5-16-45(17-6-1)47-28-36-53(37-29-47)67(54-38-30-48(31-39-54)46-18-7-2-8-19-46)55-40-32-49(33-41-55)57-25-15-26-59-58-24-13-14-27-62(58)68(63(57)59)56-42-34-52(35-43-56)64-65-60(50-20-9-3-10-21-50)44-61(66-64)51-22-11-4-12-23-51/h1-44H. The van der Waals surface area contributed by atoms with Crippen LogP contribution in [0.25, 0.3) is 94.8 Å². The van der Waals surface area contributed by atoms with Gasteiger partial charge in [-0.15, -0.1) is 0 Å². The van der Waals surface area contributed by atoms with Crippen molar-refractivity contribution in [2.75, 3.05) is 4.90 Å². The molecule has 0 atom stereocenters. The van der Waals surface area contributed by atoms with Gasteiger partial charge in [-0.25, -0.2) is 9.97 Å². The van der Waals surface area contributed by atoms with Crippen LogP contribution in [-0.2, 0) is 0 Å². The number of fused-ring (bicyclic) bond motifs is 3. The van der Waals surface area contributed by atoms with Gasteiger partial charge in [0, 0.05) is 55.8 Å². The summed E-state index contributed by atoms with van der Waals surface area (Å²) < 4.78 is 2.41. The van der Waals surface area contributed by atoms with E-state index in [1.807, 2.05) is 12.1 Å². The van der Waals surface area contributed by atoms with Crippen LogP contribution in [0.15, 0.2) is 267 Å². The molecule has 0 fully saturated rings. The average molecular weight is 869 g/mol. The van der Waals surface area contributed by atoms with Crippen molar-refractivity contribution in [3.05, 3.63) is 267 Å². The number of rotatable bonds is 10. The Morgan fingerprint density at radius 2 is 0.691 bits per heavy atom. The first-order chi connectivity index (χ1) is 33.7. The van der Waals surface area contributed by atoms with E-state index in [2.05, 4.69) is 264 Å². The number of hydrogen-bond acceptors (Lipinski definition) is 3. The summed E-state index contributed by atoms with van der Waals surface area (Å²) in [6.07, 6.45) is 0. The number of hydrogen-bond donors (Lipinski definition) is 0. The highest BCUT2D eigenvalue weighted by Gasteiger charge is 2.19. The molecular formula is C64H44N4. The van der Waals surface area contributed by atoms with Crippen LogP contribution in [0.3, 0.4) is 0 Å². The maximum Gasteiger partial charge on any atom is 0.160 e. The van der Waals surface area contributed by atoms with Crippen LogP contribution in [0, 0.1) is 0 Å². The normalized spacial score (nSPS) is 11.2. The molecule has 320 valence electrons. The lowest BCUT2D eigenvalue weighted by Crippen LogP contribution is -2.09. The Hall–Kier alpha value is -9.12. The second-order valence-electron chi connectivity index (χ2n) is 17.0. The van der Waals surface area contributed by atoms with Crippen molar-refractivity contribution >= 4 is 38.9 Å². The van der Waals surface area contributed by atoms with Gasteiger partial charge in [0.05, 0.1) is 22.4 Å². The summed E-state index contributed by atoms with van der Waals surface area (Å²) >= 11 is 0. The van der Waals surface area contributed by atoms with E-state index < -0.39 is 0 Å². The molecule has 0 bridgehead atoms. The van der Waals surface area contributed by atoms with E-state index in [-0.39, 0.29) is 0 Å². The molecule has 0 saturated carbocycles. The van der Waals surface area contributed by atoms with Crippen molar-refractivity contribution < 1.29 is 0 Å². The van der Waals surface area contributed by atoms with Crippen molar-refractivity contribution in [3.8, 4) is 73.0 Å². The molecule has 2 heterocycles. The molecule has 0 spiro atoms. The Balaban J connectivity index is 0.935. The topological polar surface area (TPSA) is 34.0 Å². The second kappa shape index (κ2) is 17.7. The zero-order chi connectivity index (χ0) is 45.2. The van der Waals surface area contributed by atoms with E-state index in [9.17, 15) is 0 Å². The second-order valence-corrected chi connectivity index (χ2v) is 17.0. The number of benzene rings is 10. The molecule has 12 rings (SSSR count). The lowest BCUT2D eigenvalue weighted by molar-refractivity contribution is 1.16. The number of para-hydroxylation sites is 2. The van der Waals surface area contributed by atoms with Gasteiger partial charge in [0.1, 0.15) is 0 Å². The lowest BCUT2D eigenvalue weighted by Gasteiger charge is -2.26. The van der Waals surface area contributed by atoms with Crippen LogP contribution in [0.1, 0.15) is 0 Å². The highest BCUT2D eigenvalue weighted by atomic mass is 15.1. The Kier molecular flexibility index (Phi) is 10.5. The van der Waals surface area contributed by atoms with Crippen molar-refractivity contribution in [2.24, 2.45) is 0 Å². The third kappa shape index (κ3) is 7.70. The molecule has 0 aliphatic heterocycles. The summed E-state index contributed by atoms with van der Waals surface area (Å²) in [7, 11) is 0. The maximum absolute atomic E-state index is 5.11. The van der Waals surface area contributed by atoms with Gasteiger partial charge in [0.25, 0.3) is 0 Å². The molecule has 68 heavy (non-hydrogen) atoms. The first kappa shape index (κ1) is 40.4. The fourth-order valence-electron chi connectivity index (χ4n) is 9.47. The SMILES string of the molecule is c1ccc(-c2ccc(N(c3ccc(-c4ccccc4)cc3)c3ccc(-c4cccc5c6ccccc6n(-c6ccc(-c7nc(-c8ccccc8)cc(-c8ccccc8)n7)cc6)c45)cc3)cc2)cc1. The highest BCUT2D eigenvalue weighted by molar-refractivity contribution is 6.13. The molecule has 0 N–H and O–H groups in total. The third-order valence-electron chi connectivity index (χ3n) is 12.8. The van der Waals surface area contributed by atoms with Crippen molar-refractivity contribution in [1.29, 1.82) is 0 Å². The largest absolute Gasteiger partial charge is 0.311 e. The zero-order valence-electron chi connectivity index (χ0n) is 37.2. The average Bonchev–Trinajstić information content (AvgIpc) is 3.77. The van der Waals surface area contributed by atoms with Gasteiger partial charge in [0.15, 0.2) is 5.82 Å². The van der Waals surface area contributed by atoms with Gasteiger partial charge < -0.3 is 9.47 Å². The smallest absolute Gasteiger partial charge is 0.160 e. The van der Waals surface area contributed by atoms with Crippen LogP contribution in [0.5, 0.6) is 0 Å². The molecule has 0 amide bonds. The molecule has 0 saturated heterocycles. The molecule has 10 aromatic carbocycles. The van der Waals surface area contributed by atoms with Crippen LogP contribution < -0.4 is 4.90 Å². The Morgan fingerprint density at radius 1 is 0.294 bits per heavy atom. The quantitative estimate of drug-likeness (QED) is 0.137.